The average molecular weight is 459 g/mol. The van der Waals surface area contributed by atoms with E-state index < -0.39 is 0 Å². The Morgan fingerprint density at radius 3 is 2.68 bits per heavy atom. The van der Waals surface area contributed by atoms with Crippen LogP contribution >= 0.6 is 0 Å². The zero-order valence-electron chi connectivity index (χ0n) is 20.3. The van der Waals surface area contributed by atoms with Crippen molar-refractivity contribution in [2.45, 2.75) is 25.7 Å². The maximum Gasteiger partial charge on any atom is 0.263 e. The van der Waals surface area contributed by atoms with Crippen molar-refractivity contribution in [1.29, 1.82) is 0 Å². The first kappa shape index (κ1) is 23.7. The predicted octanol–water partition coefficient (Wildman–Crippen LogP) is 3.94. The number of rotatable bonds is 9. The molecule has 4 rings (SSSR count). The zero-order chi connectivity index (χ0) is 23.9. The molecule has 1 amide bonds. The fraction of sp³-hybridized carbons (Fsp3) is 0.370. The number of carbonyl (C=O) groups is 1. The third-order valence-corrected chi connectivity index (χ3v) is 6.32. The Kier molecular flexibility index (Phi) is 7.75. The normalized spacial score (nSPS) is 14.5. The van der Waals surface area contributed by atoms with Crippen molar-refractivity contribution in [2.24, 2.45) is 0 Å². The summed E-state index contributed by atoms with van der Waals surface area (Å²) in [6.45, 7) is 4.96. The third kappa shape index (κ3) is 5.37. The molecule has 34 heavy (non-hydrogen) atoms. The Hall–Kier alpha value is -3.45. The monoisotopic (exact) mass is 458 g/mol. The molecule has 2 heterocycles. The molecule has 1 atom stereocenters. The van der Waals surface area contributed by atoms with Crippen molar-refractivity contribution in [3.05, 3.63) is 77.5 Å². The summed E-state index contributed by atoms with van der Waals surface area (Å²) in [7, 11) is 3.97. The molecule has 0 spiro atoms. The second kappa shape index (κ2) is 11.1. The number of hydrogen-bond acceptors (Lipinski definition) is 6. The van der Waals surface area contributed by atoms with Gasteiger partial charge in [-0.2, -0.15) is 4.98 Å². The van der Waals surface area contributed by atoms with E-state index in [4.69, 9.17) is 0 Å². The summed E-state index contributed by atoms with van der Waals surface area (Å²) in [5.41, 5.74) is 4.04. The van der Waals surface area contributed by atoms with E-state index in [-0.39, 0.29) is 5.91 Å². The molecule has 2 N–H and O–H groups in total. The minimum absolute atomic E-state index is 0.0584. The second-order valence-electron chi connectivity index (χ2n) is 8.71. The lowest BCUT2D eigenvalue weighted by Gasteiger charge is -2.22. The van der Waals surface area contributed by atoms with Crippen LogP contribution in [0.25, 0.3) is 0 Å². The number of hydrogen-bond donors (Lipinski definition) is 2. The number of fused-ring (bicyclic) bond motifs is 1. The lowest BCUT2D eigenvalue weighted by atomic mass is 9.92. The molecule has 0 saturated heterocycles. The summed E-state index contributed by atoms with van der Waals surface area (Å²) < 4.78 is 0. The van der Waals surface area contributed by atoms with Crippen molar-refractivity contribution < 1.29 is 4.79 Å². The van der Waals surface area contributed by atoms with Crippen molar-refractivity contribution in [3.8, 4) is 0 Å². The number of carbonyl (C=O) groups excluding carboxylic acids is 1. The molecule has 0 radical (unpaired) electrons. The van der Waals surface area contributed by atoms with E-state index in [1.807, 2.05) is 43.0 Å². The summed E-state index contributed by atoms with van der Waals surface area (Å²) in [5.74, 6) is 1.61. The van der Waals surface area contributed by atoms with Crippen LogP contribution in [0.5, 0.6) is 0 Å². The Balaban J connectivity index is 1.53. The molecule has 1 aliphatic heterocycles. The number of nitrogens with one attached hydrogen (secondary N) is 2. The van der Waals surface area contributed by atoms with Crippen LogP contribution in [-0.2, 0) is 6.42 Å². The largest absolute Gasteiger partial charge is 0.357 e. The van der Waals surface area contributed by atoms with E-state index >= 15 is 0 Å². The number of aromatic nitrogens is 2. The Bertz CT molecular complexity index is 1100. The number of nitrogens with zero attached hydrogens (tertiary/aromatic N) is 4. The van der Waals surface area contributed by atoms with E-state index in [9.17, 15) is 4.79 Å². The molecule has 0 fully saturated rings. The number of likely N-dealkylation sites (N-methyl/N-ethyl adjacent to an activating group) is 2. The van der Waals surface area contributed by atoms with Gasteiger partial charge in [0, 0.05) is 45.1 Å². The average Bonchev–Trinajstić information content (AvgIpc) is 2.99. The van der Waals surface area contributed by atoms with E-state index in [0.717, 1.165) is 31.6 Å². The highest BCUT2D eigenvalue weighted by Crippen LogP contribution is 2.28. The highest BCUT2D eigenvalue weighted by molar-refractivity contribution is 6.09. The summed E-state index contributed by atoms with van der Waals surface area (Å²) in [6.07, 6.45) is 3.63. The molecule has 178 valence electrons. The Morgan fingerprint density at radius 2 is 1.91 bits per heavy atom. The van der Waals surface area contributed by atoms with Gasteiger partial charge in [-0.1, -0.05) is 42.5 Å². The minimum atomic E-state index is -0.0584. The standard InChI is InChI=1S/C27H34N6O/c1-4-29-27-30-19-24-25(31-27)32(3)15-16-33(26(24)34)23-12-8-9-20(17-23)13-14-22(18-28-2)21-10-6-5-7-11-21/h5-12,17,19,22,28H,4,13-16,18H2,1-3H3,(H,29,30,31). The molecule has 1 unspecified atom stereocenters. The van der Waals surface area contributed by atoms with Crippen LogP contribution in [0.2, 0.25) is 0 Å². The van der Waals surface area contributed by atoms with Gasteiger partial charge in [0.15, 0.2) is 0 Å². The van der Waals surface area contributed by atoms with Gasteiger partial charge in [-0.3, -0.25) is 4.79 Å². The van der Waals surface area contributed by atoms with Gasteiger partial charge in [0.2, 0.25) is 5.95 Å². The first-order valence-corrected chi connectivity index (χ1v) is 12.0. The van der Waals surface area contributed by atoms with Crippen LogP contribution in [0.3, 0.4) is 0 Å². The minimum Gasteiger partial charge on any atom is -0.357 e. The number of amides is 1. The van der Waals surface area contributed by atoms with E-state index in [0.29, 0.717) is 36.3 Å². The van der Waals surface area contributed by atoms with Gasteiger partial charge in [-0.05, 0) is 56.0 Å². The van der Waals surface area contributed by atoms with Crippen molar-refractivity contribution in [3.63, 3.8) is 0 Å². The molecular weight excluding hydrogens is 424 g/mol. The molecule has 1 aliphatic rings. The highest BCUT2D eigenvalue weighted by Gasteiger charge is 2.28. The van der Waals surface area contributed by atoms with E-state index in [1.165, 1.54) is 11.1 Å². The predicted molar refractivity (Wildman–Crippen MR) is 139 cm³/mol. The zero-order valence-corrected chi connectivity index (χ0v) is 20.3. The lowest BCUT2D eigenvalue weighted by molar-refractivity contribution is 0.0989. The molecule has 3 aromatic rings. The van der Waals surface area contributed by atoms with Crippen molar-refractivity contribution >= 4 is 23.4 Å². The van der Waals surface area contributed by atoms with Gasteiger partial charge < -0.3 is 20.4 Å². The van der Waals surface area contributed by atoms with Crippen LogP contribution in [0.15, 0.2) is 60.8 Å². The molecule has 7 nitrogen and oxygen atoms in total. The Morgan fingerprint density at radius 1 is 1.09 bits per heavy atom. The van der Waals surface area contributed by atoms with Gasteiger partial charge in [0.1, 0.15) is 11.4 Å². The third-order valence-electron chi connectivity index (χ3n) is 6.32. The molecule has 0 bridgehead atoms. The second-order valence-corrected chi connectivity index (χ2v) is 8.71. The van der Waals surface area contributed by atoms with Crippen LogP contribution in [0.4, 0.5) is 17.5 Å². The van der Waals surface area contributed by atoms with Crippen LogP contribution in [-0.4, -0.2) is 56.1 Å². The van der Waals surface area contributed by atoms with Gasteiger partial charge >= 0.3 is 0 Å². The number of benzene rings is 2. The van der Waals surface area contributed by atoms with E-state index in [1.54, 1.807) is 6.20 Å². The first-order valence-electron chi connectivity index (χ1n) is 12.0. The smallest absolute Gasteiger partial charge is 0.263 e. The van der Waals surface area contributed by atoms with Crippen LogP contribution < -0.4 is 20.4 Å². The van der Waals surface area contributed by atoms with Gasteiger partial charge in [-0.15, -0.1) is 0 Å². The molecule has 0 aliphatic carbocycles. The molecule has 0 saturated carbocycles. The summed E-state index contributed by atoms with van der Waals surface area (Å²) in [6, 6.07) is 19.0. The lowest BCUT2D eigenvalue weighted by Crippen LogP contribution is -2.33. The molecule has 7 heteroatoms. The quantitative estimate of drug-likeness (QED) is 0.506. The molecule has 1 aromatic heterocycles. The fourth-order valence-corrected chi connectivity index (χ4v) is 4.49. The maximum absolute atomic E-state index is 13.5. The maximum atomic E-state index is 13.5. The van der Waals surface area contributed by atoms with E-state index in [2.05, 4.69) is 63.1 Å². The number of aryl methyl sites for hydroxylation is 1. The summed E-state index contributed by atoms with van der Waals surface area (Å²) in [4.78, 5) is 26.3. The van der Waals surface area contributed by atoms with Crippen LogP contribution in [0, 0.1) is 0 Å². The Labute approximate surface area is 202 Å². The summed E-state index contributed by atoms with van der Waals surface area (Å²) >= 11 is 0. The van der Waals surface area contributed by atoms with Crippen molar-refractivity contribution in [2.75, 3.05) is 55.4 Å². The van der Waals surface area contributed by atoms with Crippen LogP contribution in [0.1, 0.15) is 40.7 Å². The topological polar surface area (TPSA) is 73.4 Å². The first-order chi connectivity index (χ1) is 16.6. The van der Waals surface area contributed by atoms with Crippen molar-refractivity contribution in [1.82, 2.24) is 15.3 Å². The SMILES string of the molecule is CCNc1ncc2c(n1)N(C)CCN(c1cccc(CCC(CNC)c3ccccc3)c1)C2=O. The van der Waals surface area contributed by atoms with Gasteiger partial charge in [-0.25, -0.2) is 4.98 Å². The highest BCUT2D eigenvalue weighted by atomic mass is 16.2. The number of anilines is 3. The molecule has 2 aromatic carbocycles. The van der Waals surface area contributed by atoms with Gasteiger partial charge in [0.05, 0.1) is 0 Å². The van der Waals surface area contributed by atoms with Gasteiger partial charge in [0.25, 0.3) is 5.91 Å². The summed E-state index contributed by atoms with van der Waals surface area (Å²) in [5, 5.41) is 6.46. The fourth-order valence-electron chi connectivity index (χ4n) is 4.49. The molecular formula is C27H34N6O.